The smallest absolute Gasteiger partial charge is 0.175 e. The second kappa shape index (κ2) is 7.52. The first kappa shape index (κ1) is 15.9. The zero-order valence-electron chi connectivity index (χ0n) is 12.8. The molecule has 0 spiro atoms. The first-order valence-electron chi connectivity index (χ1n) is 7.23. The molecule has 1 atom stereocenters. The van der Waals surface area contributed by atoms with Crippen molar-refractivity contribution < 1.29 is 0 Å². The van der Waals surface area contributed by atoms with Gasteiger partial charge in [-0.15, -0.1) is 10.2 Å². The van der Waals surface area contributed by atoms with E-state index in [0.717, 1.165) is 30.4 Å². The lowest BCUT2D eigenvalue weighted by Crippen LogP contribution is -2.26. The highest BCUT2D eigenvalue weighted by molar-refractivity contribution is 6.30. The second-order valence-corrected chi connectivity index (χ2v) is 6.14. The molecule has 0 aliphatic rings. The summed E-state index contributed by atoms with van der Waals surface area (Å²) < 4.78 is 0. The van der Waals surface area contributed by atoms with Gasteiger partial charge in [-0.1, -0.05) is 37.6 Å². The predicted octanol–water partition coefficient (Wildman–Crippen LogP) is 2.44. The van der Waals surface area contributed by atoms with Crippen LogP contribution in [-0.2, 0) is 13.5 Å². The Labute approximate surface area is 130 Å². The van der Waals surface area contributed by atoms with Crippen molar-refractivity contribution in [2.24, 2.45) is 13.0 Å². The maximum Gasteiger partial charge on any atom is 0.175 e. The van der Waals surface area contributed by atoms with Gasteiger partial charge in [0.2, 0.25) is 0 Å². The Hall–Kier alpha value is -1.46. The van der Waals surface area contributed by atoms with E-state index in [1.165, 1.54) is 10.4 Å². The third kappa shape index (κ3) is 5.10. The van der Waals surface area contributed by atoms with Gasteiger partial charge in [-0.25, -0.2) is 0 Å². The van der Waals surface area contributed by atoms with Crippen LogP contribution in [0.15, 0.2) is 24.3 Å². The molecule has 114 valence electrons. The Balaban J connectivity index is 2.07. The minimum Gasteiger partial charge on any atom is -0.316 e. The van der Waals surface area contributed by atoms with E-state index >= 15 is 0 Å². The molecule has 0 bridgehead atoms. The average Bonchev–Trinajstić information content (AvgIpc) is 2.84. The molecular formula is C15H22ClN5. The van der Waals surface area contributed by atoms with Crippen molar-refractivity contribution in [1.82, 2.24) is 25.5 Å². The molecule has 0 fully saturated rings. The Morgan fingerprint density at radius 3 is 2.48 bits per heavy atom. The highest BCUT2D eigenvalue weighted by atomic mass is 35.5. The van der Waals surface area contributed by atoms with Gasteiger partial charge in [0.15, 0.2) is 5.82 Å². The molecular weight excluding hydrogens is 286 g/mol. The average molecular weight is 308 g/mol. The van der Waals surface area contributed by atoms with E-state index in [0.29, 0.717) is 11.8 Å². The molecule has 0 aliphatic carbocycles. The van der Waals surface area contributed by atoms with E-state index in [1.807, 2.05) is 12.1 Å². The molecule has 1 heterocycles. The molecule has 0 saturated carbocycles. The van der Waals surface area contributed by atoms with Crippen LogP contribution in [-0.4, -0.2) is 33.3 Å². The zero-order valence-corrected chi connectivity index (χ0v) is 13.5. The van der Waals surface area contributed by atoms with Gasteiger partial charge < -0.3 is 5.32 Å². The van der Waals surface area contributed by atoms with Crippen molar-refractivity contribution in [3.8, 4) is 0 Å². The van der Waals surface area contributed by atoms with Crippen LogP contribution in [0, 0.1) is 5.92 Å². The minimum atomic E-state index is 0.310. The van der Waals surface area contributed by atoms with Crippen LogP contribution in [0.3, 0.4) is 0 Å². The van der Waals surface area contributed by atoms with E-state index in [4.69, 9.17) is 11.6 Å². The van der Waals surface area contributed by atoms with E-state index in [1.54, 1.807) is 7.05 Å². The molecule has 1 N–H and O–H groups in total. The van der Waals surface area contributed by atoms with E-state index in [2.05, 4.69) is 46.7 Å². The number of aromatic nitrogens is 4. The first-order chi connectivity index (χ1) is 10.0. The fourth-order valence-corrected chi connectivity index (χ4v) is 2.34. The van der Waals surface area contributed by atoms with Crippen LogP contribution in [0.1, 0.15) is 31.2 Å². The third-order valence-corrected chi connectivity index (χ3v) is 3.52. The summed E-state index contributed by atoms with van der Waals surface area (Å²) in [6.45, 7) is 6.29. The standard InChI is InChI=1S/C15H22ClN5/c1-11(2)9-17-10-13(8-15-18-20-21(3)19-15)12-4-6-14(16)7-5-12/h4-7,11,13,17H,8-10H2,1-3H3. The van der Waals surface area contributed by atoms with Crippen LogP contribution in [0.2, 0.25) is 5.02 Å². The molecule has 1 aromatic heterocycles. The maximum atomic E-state index is 5.97. The molecule has 6 heteroatoms. The number of aryl methyl sites for hydroxylation is 1. The summed E-state index contributed by atoms with van der Waals surface area (Å²) in [5.41, 5.74) is 1.24. The summed E-state index contributed by atoms with van der Waals surface area (Å²) in [6.07, 6.45) is 0.764. The van der Waals surface area contributed by atoms with Gasteiger partial charge in [-0.2, -0.15) is 4.80 Å². The van der Waals surface area contributed by atoms with Gasteiger partial charge in [-0.3, -0.25) is 0 Å². The number of hydrogen-bond acceptors (Lipinski definition) is 4. The Bertz CT molecular complexity index is 549. The maximum absolute atomic E-state index is 5.97. The van der Waals surface area contributed by atoms with Gasteiger partial charge in [0, 0.05) is 23.9 Å². The molecule has 21 heavy (non-hydrogen) atoms. The highest BCUT2D eigenvalue weighted by Crippen LogP contribution is 2.21. The van der Waals surface area contributed by atoms with Crippen molar-refractivity contribution in [2.45, 2.75) is 26.2 Å². The van der Waals surface area contributed by atoms with E-state index < -0.39 is 0 Å². The summed E-state index contributed by atoms with van der Waals surface area (Å²) in [7, 11) is 1.78. The molecule has 1 unspecified atom stereocenters. The Morgan fingerprint density at radius 1 is 1.19 bits per heavy atom. The molecule has 2 aromatic rings. The predicted molar refractivity (Wildman–Crippen MR) is 84.4 cm³/mol. The SMILES string of the molecule is CC(C)CNCC(Cc1nnn(C)n1)c1ccc(Cl)cc1. The van der Waals surface area contributed by atoms with Gasteiger partial charge in [-0.05, 0) is 35.4 Å². The lowest BCUT2D eigenvalue weighted by atomic mass is 9.95. The van der Waals surface area contributed by atoms with Crippen LogP contribution in [0.4, 0.5) is 0 Å². The minimum absolute atomic E-state index is 0.310. The molecule has 2 rings (SSSR count). The Morgan fingerprint density at radius 2 is 1.90 bits per heavy atom. The summed E-state index contributed by atoms with van der Waals surface area (Å²) in [4.78, 5) is 1.50. The number of rotatable bonds is 7. The number of nitrogens with zero attached hydrogens (tertiary/aromatic N) is 4. The van der Waals surface area contributed by atoms with Gasteiger partial charge in [0.1, 0.15) is 0 Å². The van der Waals surface area contributed by atoms with Crippen molar-refractivity contribution >= 4 is 11.6 Å². The lowest BCUT2D eigenvalue weighted by molar-refractivity contribution is 0.509. The summed E-state index contributed by atoms with van der Waals surface area (Å²) in [5, 5.41) is 16.5. The fraction of sp³-hybridized carbons (Fsp3) is 0.533. The normalized spacial score (nSPS) is 12.8. The van der Waals surface area contributed by atoms with Crippen molar-refractivity contribution in [3.63, 3.8) is 0 Å². The van der Waals surface area contributed by atoms with Crippen LogP contribution in [0.25, 0.3) is 0 Å². The molecule has 0 saturated heterocycles. The first-order valence-corrected chi connectivity index (χ1v) is 7.61. The third-order valence-electron chi connectivity index (χ3n) is 3.26. The topological polar surface area (TPSA) is 55.6 Å². The number of benzene rings is 1. The number of hydrogen-bond donors (Lipinski definition) is 1. The van der Waals surface area contributed by atoms with Gasteiger partial charge >= 0.3 is 0 Å². The number of halogens is 1. The quantitative estimate of drug-likeness (QED) is 0.853. The van der Waals surface area contributed by atoms with Crippen molar-refractivity contribution in [2.75, 3.05) is 13.1 Å². The monoisotopic (exact) mass is 307 g/mol. The molecule has 0 amide bonds. The van der Waals surface area contributed by atoms with Gasteiger partial charge in [0.25, 0.3) is 0 Å². The van der Waals surface area contributed by atoms with Crippen molar-refractivity contribution in [1.29, 1.82) is 0 Å². The number of nitrogens with one attached hydrogen (secondary N) is 1. The van der Waals surface area contributed by atoms with Gasteiger partial charge in [0.05, 0.1) is 7.05 Å². The molecule has 0 aliphatic heterocycles. The van der Waals surface area contributed by atoms with Crippen LogP contribution >= 0.6 is 11.6 Å². The zero-order chi connectivity index (χ0) is 15.2. The fourth-order valence-electron chi connectivity index (χ4n) is 2.21. The van der Waals surface area contributed by atoms with E-state index in [9.17, 15) is 0 Å². The second-order valence-electron chi connectivity index (χ2n) is 5.70. The summed E-state index contributed by atoms with van der Waals surface area (Å²) in [5.74, 6) is 1.71. The lowest BCUT2D eigenvalue weighted by Gasteiger charge is -2.17. The summed E-state index contributed by atoms with van der Waals surface area (Å²) >= 11 is 5.97. The van der Waals surface area contributed by atoms with Crippen LogP contribution in [0.5, 0.6) is 0 Å². The summed E-state index contributed by atoms with van der Waals surface area (Å²) in [6, 6.07) is 7.99. The van der Waals surface area contributed by atoms with Crippen LogP contribution < -0.4 is 5.32 Å². The molecule has 1 aromatic carbocycles. The largest absolute Gasteiger partial charge is 0.316 e. The number of tetrazole rings is 1. The van der Waals surface area contributed by atoms with Crippen molar-refractivity contribution in [3.05, 3.63) is 40.7 Å². The molecule has 0 radical (unpaired) electrons. The van der Waals surface area contributed by atoms with E-state index in [-0.39, 0.29) is 0 Å². The molecule has 5 nitrogen and oxygen atoms in total. The highest BCUT2D eigenvalue weighted by Gasteiger charge is 2.15. The Kier molecular flexibility index (Phi) is 5.70.